The fourth-order valence-electron chi connectivity index (χ4n) is 3.13. The van der Waals surface area contributed by atoms with E-state index in [-0.39, 0.29) is 6.03 Å². The zero-order valence-electron chi connectivity index (χ0n) is 15.9. The summed E-state index contributed by atoms with van der Waals surface area (Å²) in [6, 6.07) is 13.9. The molecule has 6 heteroatoms. The van der Waals surface area contributed by atoms with Gasteiger partial charge in [-0.3, -0.25) is 0 Å². The van der Waals surface area contributed by atoms with Gasteiger partial charge >= 0.3 is 6.03 Å². The Hall–Kier alpha value is -2.40. The average Bonchev–Trinajstić information content (AvgIpc) is 2.67. The highest BCUT2D eigenvalue weighted by Crippen LogP contribution is 2.21. The molecule has 1 saturated heterocycles. The average molecular weight is 388 g/mol. The molecule has 1 heterocycles. The highest BCUT2D eigenvalue weighted by atomic mass is 35.5. The summed E-state index contributed by atoms with van der Waals surface area (Å²) in [5.41, 5.74) is 3.37. The fraction of sp³-hybridized carbons (Fsp3) is 0.381. The number of piperazine rings is 1. The van der Waals surface area contributed by atoms with Gasteiger partial charge in [-0.05, 0) is 49.2 Å². The minimum atomic E-state index is -0.0368. The van der Waals surface area contributed by atoms with Gasteiger partial charge in [0.2, 0.25) is 0 Å². The molecule has 144 valence electrons. The van der Waals surface area contributed by atoms with Gasteiger partial charge in [-0.2, -0.15) is 0 Å². The highest BCUT2D eigenvalue weighted by molar-refractivity contribution is 6.30. The monoisotopic (exact) mass is 387 g/mol. The normalized spacial score (nSPS) is 14.2. The zero-order chi connectivity index (χ0) is 19.2. The van der Waals surface area contributed by atoms with Crippen molar-refractivity contribution in [1.29, 1.82) is 0 Å². The molecule has 0 radical (unpaired) electrons. The third kappa shape index (κ3) is 5.30. The lowest BCUT2D eigenvalue weighted by Gasteiger charge is -2.36. The zero-order valence-corrected chi connectivity index (χ0v) is 16.6. The number of aryl methyl sites for hydroxylation is 2. The van der Waals surface area contributed by atoms with E-state index >= 15 is 0 Å². The smallest absolute Gasteiger partial charge is 0.317 e. The number of carbonyl (C=O) groups excluding carboxylic acids is 1. The number of ether oxygens (including phenoxy) is 1. The Balaban J connectivity index is 1.40. The number of carbonyl (C=O) groups is 1. The molecule has 0 spiro atoms. The van der Waals surface area contributed by atoms with Crippen LogP contribution in [0.4, 0.5) is 10.5 Å². The van der Waals surface area contributed by atoms with Crippen molar-refractivity contribution in [2.75, 3.05) is 44.2 Å². The van der Waals surface area contributed by atoms with Crippen molar-refractivity contribution in [3.8, 4) is 5.75 Å². The molecule has 27 heavy (non-hydrogen) atoms. The number of halogens is 1. The van der Waals surface area contributed by atoms with Crippen LogP contribution in [0.25, 0.3) is 0 Å². The second kappa shape index (κ2) is 9.00. The number of rotatable bonds is 5. The summed E-state index contributed by atoms with van der Waals surface area (Å²) in [5, 5.41) is 3.68. The van der Waals surface area contributed by atoms with E-state index in [1.165, 1.54) is 0 Å². The highest BCUT2D eigenvalue weighted by Gasteiger charge is 2.21. The summed E-state index contributed by atoms with van der Waals surface area (Å²) in [6.45, 7) is 7.98. The number of benzene rings is 2. The maximum Gasteiger partial charge on any atom is 0.317 e. The van der Waals surface area contributed by atoms with E-state index in [0.29, 0.717) is 26.2 Å². The molecule has 1 aliphatic heterocycles. The van der Waals surface area contributed by atoms with E-state index in [0.717, 1.165) is 40.7 Å². The molecule has 2 amide bonds. The van der Waals surface area contributed by atoms with Crippen molar-refractivity contribution < 1.29 is 9.53 Å². The van der Waals surface area contributed by atoms with Crippen LogP contribution in [0.5, 0.6) is 5.75 Å². The minimum Gasteiger partial charge on any atom is -0.491 e. The van der Waals surface area contributed by atoms with Gasteiger partial charge < -0.3 is 19.9 Å². The number of hydrogen-bond donors (Lipinski definition) is 1. The lowest BCUT2D eigenvalue weighted by Crippen LogP contribution is -2.52. The largest absolute Gasteiger partial charge is 0.491 e. The van der Waals surface area contributed by atoms with Crippen molar-refractivity contribution >= 4 is 23.3 Å². The van der Waals surface area contributed by atoms with E-state index in [4.69, 9.17) is 16.3 Å². The molecule has 1 fully saturated rings. The Labute approximate surface area is 165 Å². The quantitative estimate of drug-likeness (QED) is 0.792. The molecule has 2 aromatic rings. The number of nitrogens with zero attached hydrogens (tertiary/aromatic N) is 2. The van der Waals surface area contributed by atoms with Gasteiger partial charge in [0, 0.05) is 36.9 Å². The maximum absolute atomic E-state index is 12.3. The van der Waals surface area contributed by atoms with Crippen LogP contribution >= 0.6 is 11.6 Å². The van der Waals surface area contributed by atoms with Crippen LogP contribution in [-0.4, -0.2) is 50.3 Å². The molecular formula is C21H26ClN3O2. The molecule has 1 N–H and O–H groups in total. The first-order valence-corrected chi connectivity index (χ1v) is 9.64. The van der Waals surface area contributed by atoms with Crippen LogP contribution in [0.3, 0.4) is 0 Å². The first-order valence-electron chi connectivity index (χ1n) is 9.26. The van der Waals surface area contributed by atoms with Crippen LogP contribution in [0, 0.1) is 13.8 Å². The first kappa shape index (κ1) is 19.4. The molecule has 0 saturated carbocycles. The minimum absolute atomic E-state index is 0.0368. The van der Waals surface area contributed by atoms with Crippen LogP contribution in [-0.2, 0) is 0 Å². The third-order valence-electron chi connectivity index (χ3n) is 4.72. The Bertz CT molecular complexity index is 789. The number of urea groups is 1. The standard InChI is InChI=1S/C21H26ClN3O2/c1-16-6-7-17(2)20(14-16)27-13-8-23-21(26)25-11-9-24(10-12-25)19-5-3-4-18(22)15-19/h3-7,14-15H,8-13H2,1-2H3,(H,23,26). The van der Waals surface area contributed by atoms with Crippen LogP contribution in [0.15, 0.2) is 42.5 Å². The Morgan fingerprint density at radius 2 is 1.89 bits per heavy atom. The van der Waals surface area contributed by atoms with Gasteiger partial charge in [0.1, 0.15) is 12.4 Å². The van der Waals surface area contributed by atoms with Crippen LogP contribution < -0.4 is 15.0 Å². The van der Waals surface area contributed by atoms with E-state index < -0.39 is 0 Å². The molecule has 2 aromatic carbocycles. The third-order valence-corrected chi connectivity index (χ3v) is 4.95. The number of nitrogens with one attached hydrogen (secondary N) is 1. The molecule has 0 atom stereocenters. The van der Waals surface area contributed by atoms with Crippen molar-refractivity contribution in [3.63, 3.8) is 0 Å². The van der Waals surface area contributed by atoms with Crippen LogP contribution in [0.2, 0.25) is 5.02 Å². The summed E-state index contributed by atoms with van der Waals surface area (Å²) >= 11 is 6.06. The van der Waals surface area contributed by atoms with Gasteiger partial charge in [-0.1, -0.05) is 29.8 Å². The maximum atomic E-state index is 12.3. The predicted molar refractivity (Wildman–Crippen MR) is 110 cm³/mol. The van der Waals surface area contributed by atoms with Crippen molar-refractivity contribution in [1.82, 2.24) is 10.2 Å². The van der Waals surface area contributed by atoms with E-state index in [1.54, 1.807) is 0 Å². The SMILES string of the molecule is Cc1ccc(C)c(OCCNC(=O)N2CCN(c3cccc(Cl)c3)CC2)c1. The summed E-state index contributed by atoms with van der Waals surface area (Å²) in [4.78, 5) is 16.4. The van der Waals surface area contributed by atoms with Gasteiger partial charge in [0.05, 0.1) is 6.54 Å². The van der Waals surface area contributed by atoms with Crippen molar-refractivity contribution in [2.45, 2.75) is 13.8 Å². The molecule has 3 rings (SSSR count). The lowest BCUT2D eigenvalue weighted by atomic mass is 10.1. The Morgan fingerprint density at radius 1 is 1.11 bits per heavy atom. The van der Waals surface area contributed by atoms with Gasteiger partial charge in [-0.15, -0.1) is 0 Å². The molecule has 0 aromatic heterocycles. The number of hydrogen-bond acceptors (Lipinski definition) is 3. The topological polar surface area (TPSA) is 44.8 Å². The summed E-state index contributed by atoms with van der Waals surface area (Å²) < 4.78 is 5.79. The van der Waals surface area contributed by atoms with E-state index in [9.17, 15) is 4.79 Å². The van der Waals surface area contributed by atoms with Crippen molar-refractivity contribution in [3.05, 3.63) is 58.6 Å². The van der Waals surface area contributed by atoms with E-state index in [2.05, 4.69) is 16.3 Å². The molecule has 0 unspecified atom stereocenters. The molecule has 0 bridgehead atoms. The summed E-state index contributed by atoms with van der Waals surface area (Å²) in [5.74, 6) is 0.874. The summed E-state index contributed by atoms with van der Waals surface area (Å²) in [7, 11) is 0. The predicted octanol–water partition coefficient (Wildman–Crippen LogP) is 3.87. The molecule has 1 aliphatic rings. The molecular weight excluding hydrogens is 362 g/mol. The molecule has 5 nitrogen and oxygen atoms in total. The lowest BCUT2D eigenvalue weighted by molar-refractivity contribution is 0.191. The second-order valence-corrected chi connectivity index (χ2v) is 7.24. The first-order chi connectivity index (χ1) is 13.0. The van der Waals surface area contributed by atoms with Gasteiger partial charge in [0.15, 0.2) is 0 Å². The summed E-state index contributed by atoms with van der Waals surface area (Å²) in [6.07, 6.45) is 0. The van der Waals surface area contributed by atoms with Gasteiger partial charge in [-0.25, -0.2) is 4.79 Å². The van der Waals surface area contributed by atoms with E-state index in [1.807, 2.05) is 55.1 Å². The van der Waals surface area contributed by atoms with Crippen LogP contribution in [0.1, 0.15) is 11.1 Å². The number of amides is 2. The van der Waals surface area contributed by atoms with Gasteiger partial charge in [0.25, 0.3) is 0 Å². The fourth-order valence-corrected chi connectivity index (χ4v) is 3.32. The van der Waals surface area contributed by atoms with Crippen molar-refractivity contribution in [2.24, 2.45) is 0 Å². The molecule has 0 aliphatic carbocycles. The second-order valence-electron chi connectivity index (χ2n) is 6.80. The Kier molecular flexibility index (Phi) is 6.45. The Morgan fingerprint density at radius 3 is 2.63 bits per heavy atom. The number of anilines is 1.